The summed E-state index contributed by atoms with van der Waals surface area (Å²) in [5, 5.41) is 10.2. The smallest absolute Gasteiger partial charge is 0.211 e. The first kappa shape index (κ1) is 23.4. The first-order valence-electron chi connectivity index (χ1n) is 8.84. The van der Waals surface area contributed by atoms with E-state index in [-0.39, 0.29) is 29.7 Å². The average molecular weight is 515 g/mol. The predicted molar refractivity (Wildman–Crippen MR) is 122 cm³/mol. The Morgan fingerprint density at radius 1 is 1.35 bits per heavy atom. The Labute approximate surface area is 178 Å². The van der Waals surface area contributed by atoms with Crippen LogP contribution < -0.4 is 20.3 Å². The third-order valence-electron chi connectivity index (χ3n) is 4.08. The van der Waals surface area contributed by atoms with E-state index in [4.69, 9.17) is 0 Å². The van der Waals surface area contributed by atoms with Crippen LogP contribution in [0.3, 0.4) is 0 Å². The van der Waals surface area contributed by atoms with Gasteiger partial charge in [0, 0.05) is 32.2 Å². The van der Waals surface area contributed by atoms with E-state index >= 15 is 0 Å². The van der Waals surface area contributed by atoms with Gasteiger partial charge in [0.05, 0.1) is 17.3 Å². The zero-order valence-electron chi connectivity index (χ0n) is 15.4. The number of piperidine rings is 1. The molecule has 0 aromatic carbocycles. The van der Waals surface area contributed by atoms with Gasteiger partial charge in [-0.05, 0) is 44.2 Å². The van der Waals surface area contributed by atoms with Crippen LogP contribution in [0.2, 0.25) is 0 Å². The van der Waals surface area contributed by atoms with Gasteiger partial charge < -0.3 is 15.5 Å². The molecule has 0 atom stereocenters. The number of aliphatic imine (C=N–C) groups is 1. The molecular weight excluding hydrogens is 485 g/mol. The van der Waals surface area contributed by atoms with E-state index in [0.717, 1.165) is 38.4 Å². The lowest BCUT2D eigenvalue weighted by atomic mass is 10.1. The summed E-state index contributed by atoms with van der Waals surface area (Å²) < 4.78 is 25.4. The van der Waals surface area contributed by atoms with Gasteiger partial charge in [0.25, 0.3) is 0 Å². The van der Waals surface area contributed by atoms with Crippen LogP contribution in [0.15, 0.2) is 22.5 Å². The first-order valence-corrected chi connectivity index (χ1v) is 11.4. The van der Waals surface area contributed by atoms with E-state index in [0.29, 0.717) is 19.1 Å². The van der Waals surface area contributed by atoms with Crippen LogP contribution in [0.1, 0.15) is 26.7 Å². The second kappa shape index (κ2) is 12.0. The Bertz CT molecular complexity index is 629. The monoisotopic (exact) mass is 515 g/mol. The molecule has 1 aromatic rings. The Kier molecular flexibility index (Phi) is 10.8. The fourth-order valence-corrected chi connectivity index (χ4v) is 4.07. The van der Waals surface area contributed by atoms with Gasteiger partial charge in [-0.3, -0.25) is 4.99 Å². The number of sulfonamides is 1. The van der Waals surface area contributed by atoms with Crippen LogP contribution in [0.25, 0.3) is 0 Å². The van der Waals surface area contributed by atoms with Crippen molar-refractivity contribution in [2.24, 2.45) is 4.99 Å². The topological polar surface area (TPSA) is 85.8 Å². The largest absolute Gasteiger partial charge is 0.363 e. The SMILES string of the molecule is CCNC(=NCCNS(=O)(=O)CC)NC1CCN(c2cccs2)CC1.I. The van der Waals surface area contributed by atoms with Gasteiger partial charge in [-0.15, -0.1) is 35.3 Å². The van der Waals surface area contributed by atoms with Crippen molar-refractivity contribution < 1.29 is 8.42 Å². The summed E-state index contributed by atoms with van der Waals surface area (Å²) in [6.07, 6.45) is 2.12. The molecule has 3 N–H and O–H groups in total. The number of halogens is 1. The van der Waals surface area contributed by atoms with Crippen LogP contribution in [0, 0.1) is 0 Å². The molecule has 1 aliphatic heterocycles. The highest BCUT2D eigenvalue weighted by Gasteiger charge is 2.20. The fourth-order valence-electron chi connectivity index (χ4n) is 2.68. The van der Waals surface area contributed by atoms with Crippen LogP contribution in [0.5, 0.6) is 0 Å². The fraction of sp³-hybridized carbons (Fsp3) is 0.688. The van der Waals surface area contributed by atoms with Crippen molar-refractivity contribution in [3.8, 4) is 0 Å². The van der Waals surface area contributed by atoms with E-state index in [9.17, 15) is 8.42 Å². The third-order valence-corrected chi connectivity index (χ3v) is 6.41. The maximum absolute atomic E-state index is 11.4. The minimum Gasteiger partial charge on any atom is -0.363 e. The molecule has 0 radical (unpaired) electrons. The third kappa shape index (κ3) is 7.97. The molecule has 1 aromatic heterocycles. The Morgan fingerprint density at radius 2 is 2.08 bits per heavy atom. The van der Waals surface area contributed by atoms with Crippen molar-refractivity contribution >= 4 is 56.3 Å². The number of thiophene rings is 1. The van der Waals surface area contributed by atoms with E-state index in [1.54, 1.807) is 18.3 Å². The molecule has 0 unspecified atom stereocenters. The number of nitrogens with one attached hydrogen (secondary N) is 3. The number of hydrogen-bond acceptors (Lipinski definition) is 5. The lowest BCUT2D eigenvalue weighted by Crippen LogP contribution is -2.48. The van der Waals surface area contributed by atoms with Crippen molar-refractivity contribution in [1.29, 1.82) is 0 Å². The summed E-state index contributed by atoms with van der Waals surface area (Å²) in [7, 11) is -3.15. The molecule has 0 saturated carbocycles. The second-order valence-electron chi connectivity index (χ2n) is 5.92. The van der Waals surface area contributed by atoms with Gasteiger partial charge >= 0.3 is 0 Å². The summed E-state index contributed by atoms with van der Waals surface area (Å²) in [4.78, 5) is 6.89. The summed E-state index contributed by atoms with van der Waals surface area (Å²) in [5.41, 5.74) is 0. The Morgan fingerprint density at radius 3 is 2.65 bits per heavy atom. The Hall–Kier alpha value is -0.590. The number of anilines is 1. The van der Waals surface area contributed by atoms with Crippen LogP contribution >= 0.6 is 35.3 Å². The molecule has 10 heteroatoms. The van der Waals surface area contributed by atoms with E-state index in [2.05, 4.69) is 42.8 Å². The molecular formula is C16H30IN5O2S2. The highest BCUT2D eigenvalue weighted by Crippen LogP contribution is 2.24. The normalized spacial score (nSPS) is 16.2. The summed E-state index contributed by atoms with van der Waals surface area (Å²) >= 11 is 1.78. The zero-order chi connectivity index (χ0) is 18.1. The molecule has 7 nitrogen and oxygen atoms in total. The summed E-state index contributed by atoms with van der Waals surface area (Å²) in [5.74, 6) is 0.852. The van der Waals surface area contributed by atoms with Gasteiger partial charge in [0.15, 0.2) is 5.96 Å². The molecule has 1 aliphatic rings. The number of rotatable bonds is 8. The quantitative estimate of drug-likeness (QED) is 0.213. The first-order chi connectivity index (χ1) is 12.0. The number of guanidine groups is 1. The Balaban J connectivity index is 0.00000338. The molecule has 1 fully saturated rings. The standard InChI is InChI=1S/C16H29N5O2S2.HI/c1-3-17-16(18-9-10-19-25(22,23)4-2)20-14-7-11-21(12-8-14)15-6-5-13-24-15;/h5-6,13-14,19H,3-4,7-12H2,1-2H3,(H2,17,18,20);1H. The van der Waals surface area contributed by atoms with Crippen LogP contribution in [0.4, 0.5) is 5.00 Å². The molecule has 1 saturated heterocycles. The van der Waals surface area contributed by atoms with E-state index in [1.807, 2.05) is 6.92 Å². The number of nitrogens with zero attached hydrogens (tertiary/aromatic N) is 2. The van der Waals surface area contributed by atoms with Gasteiger partial charge in [-0.1, -0.05) is 0 Å². The van der Waals surface area contributed by atoms with Crippen LogP contribution in [-0.2, 0) is 10.0 Å². The van der Waals surface area contributed by atoms with Crippen LogP contribution in [-0.4, -0.2) is 58.9 Å². The lowest BCUT2D eigenvalue weighted by Gasteiger charge is -2.33. The zero-order valence-corrected chi connectivity index (χ0v) is 19.4. The minimum absolute atomic E-state index is 0. The molecule has 0 spiro atoms. The second-order valence-corrected chi connectivity index (χ2v) is 8.94. The molecule has 0 amide bonds. The molecule has 0 bridgehead atoms. The van der Waals surface area contributed by atoms with Crippen molar-refractivity contribution in [3.05, 3.63) is 17.5 Å². The highest BCUT2D eigenvalue weighted by molar-refractivity contribution is 14.0. The maximum atomic E-state index is 11.4. The molecule has 0 aliphatic carbocycles. The van der Waals surface area contributed by atoms with Gasteiger partial charge in [0.2, 0.25) is 10.0 Å². The molecule has 26 heavy (non-hydrogen) atoms. The van der Waals surface area contributed by atoms with Crippen molar-refractivity contribution in [2.45, 2.75) is 32.7 Å². The van der Waals surface area contributed by atoms with Gasteiger partial charge in [0.1, 0.15) is 0 Å². The summed E-state index contributed by atoms with van der Waals surface area (Å²) in [6.45, 7) is 7.24. The van der Waals surface area contributed by atoms with E-state index in [1.165, 1.54) is 5.00 Å². The molecule has 2 rings (SSSR count). The highest BCUT2D eigenvalue weighted by atomic mass is 127. The van der Waals surface area contributed by atoms with Crippen molar-refractivity contribution in [1.82, 2.24) is 15.4 Å². The van der Waals surface area contributed by atoms with Crippen molar-refractivity contribution in [3.63, 3.8) is 0 Å². The van der Waals surface area contributed by atoms with E-state index < -0.39 is 10.0 Å². The maximum Gasteiger partial charge on any atom is 0.211 e. The molecule has 2 heterocycles. The van der Waals surface area contributed by atoms with Crippen molar-refractivity contribution in [2.75, 3.05) is 43.4 Å². The average Bonchev–Trinajstić information content (AvgIpc) is 3.14. The molecule has 150 valence electrons. The van der Waals surface area contributed by atoms with Gasteiger partial charge in [-0.2, -0.15) is 0 Å². The predicted octanol–water partition coefficient (Wildman–Crippen LogP) is 1.83. The lowest BCUT2D eigenvalue weighted by molar-refractivity contribution is 0.463. The summed E-state index contributed by atoms with van der Waals surface area (Å²) in [6, 6.07) is 4.65. The minimum atomic E-state index is -3.15. The van der Waals surface area contributed by atoms with Gasteiger partial charge in [-0.25, -0.2) is 13.1 Å². The number of hydrogen-bond donors (Lipinski definition) is 3.